The van der Waals surface area contributed by atoms with E-state index in [2.05, 4.69) is 16.1 Å². The van der Waals surface area contributed by atoms with E-state index in [1.54, 1.807) is 7.11 Å². The molecule has 0 atom stereocenters. The Kier molecular flexibility index (Phi) is 7.24. The first kappa shape index (κ1) is 13.5. The highest BCUT2D eigenvalue weighted by Gasteiger charge is 2.17. The zero-order chi connectivity index (χ0) is 11.6. The Hall–Kier alpha value is -0.560. The van der Waals surface area contributed by atoms with Crippen molar-refractivity contribution < 1.29 is 4.74 Å². The number of likely N-dealkylation sites (tertiary alicyclic amines) is 1. The lowest BCUT2D eigenvalue weighted by molar-refractivity contribution is 0.175. The largest absolute Gasteiger partial charge is 0.383 e. The number of piperidine rings is 1. The Bertz CT molecular complexity index is 204. The predicted octanol–water partition coefficient (Wildman–Crippen LogP) is 0.958. The van der Waals surface area contributed by atoms with Crippen LogP contribution in [-0.2, 0) is 4.74 Å². The third-order valence-electron chi connectivity index (χ3n) is 3.20. The molecule has 0 aromatic heterocycles. The molecule has 0 aromatic rings. The maximum Gasteiger partial charge on any atom is 0.0587 e. The monoisotopic (exact) mass is 224 g/mol. The average molecular weight is 224 g/mol. The van der Waals surface area contributed by atoms with Crippen LogP contribution in [0.4, 0.5) is 0 Å². The molecular formula is C13H24N2O. The summed E-state index contributed by atoms with van der Waals surface area (Å²) in [6.45, 7) is 6.39. The summed E-state index contributed by atoms with van der Waals surface area (Å²) in [7, 11) is 1.74. The van der Waals surface area contributed by atoms with Crippen molar-refractivity contribution in [1.29, 1.82) is 0 Å². The van der Waals surface area contributed by atoms with Gasteiger partial charge in [0.25, 0.3) is 0 Å². The van der Waals surface area contributed by atoms with Gasteiger partial charge < -0.3 is 15.0 Å². The first-order valence-electron chi connectivity index (χ1n) is 6.22. The van der Waals surface area contributed by atoms with Crippen LogP contribution >= 0.6 is 0 Å². The topological polar surface area (TPSA) is 24.5 Å². The Labute approximate surface area is 99.5 Å². The number of hydrogen-bond donors (Lipinski definition) is 1. The summed E-state index contributed by atoms with van der Waals surface area (Å²) < 4.78 is 5.00. The second kappa shape index (κ2) is 8.58. The van der Waals surface area contributed by atoms with Crippen LogP contribution in [0.1, 0.15) is 19.3 Å². The molecule has 0 saturated carbocycles. The average Bonchev–Trinajstić information content (AvgIpc) is 2.33. The maximum absolute atomic E-state index is 5.27. The van der Waals surface area contributed by atoms with Crippen molar-refractivity contribution in [2.75, 3.05) is 46.4 Å². The molecule has 0 radical (unpaired) electrons. The molecular weight excluding hydrogens is 200 g/mol. The number of methoxy groups -OCH3 is 1. The Morgan fingerprint density at radius 3 is 2.81 bits per heavy atom. The Morgan fingerprint density at radius 1 is 1.44 bits per heavy atom. The quantitative estimate of drug-likeness (QED) is 0.515. The zero-order valence-electron chi connectivity index (χ0n) is 10.4. The van der Waals surface area contributed by atoms with E-state index in [0.29, 0.717) is 0 Å². The molecule has 3 heteroatoms. The number of terminal acetylenes is 1. The Balaban J connectivity index is 2.01. The van der Waals surface area contributed by atoms with Gasteiger partial charge in [-0.15, -0.1) is 12.3 Å². The van der Waals surface area contributed by atoms with Gasteiger partial charge in [0.1, 0.15) is 0 Å². The van der Waals surface area contributed by atoms with Crippen molar-refractivity contribution in [1.82, 2.24) is 10.2 Å². The lowest BCUT2D eigenvalue weighted by Gasteiger charge is -2.31. The van der Waals surface area contributed by atoms with Crippen LogP contribution in [0, 0.1) is 18.3 Å². The first-order chi connectivity index (χ1) is 7.86. The highest BCUT2D eigenvalue weighted by molar-refractivity contribution is 4.85. The fourth-order valence-electron chi connectivity index (χ4n) is 2.12. The lowest BCUT2D eigenvalue weighted by atomic mass is 9.97. The molecule has 16 heavy (non-hydrogen) atoms. The molecule has 1 fully saturated rings. The van der Waals surface area contributed by atoms with E-state index in [1.165, 1.54) is 25.9 Å². The summed E-state index contributed by atoms with van der Waals surface area (Å²) in [4.78, 5) is 2.48. The third kappa shape index (κ3) is 5.50. The Morgan fingerprint density at radius 2 is 2.19 bits per heavy atom. The summed E-state index contributed by atoms with van der Waals surface area (Å²) in [5.41, 5.74) is 0. The van der Waals surface area contributed by atoms with E-state index in [0.717, 1.165) is 38.6 Å². The van der Waals surface area contributed by atoms with Crippen LogP contribution < -0.4 is 5.32 Å². The van der Waals surface area contributed by atoms with Gasteiger partial charge in [-0.2, -0.15) is 0 Å². The second-order valence-corrected chi connectivity index (χ2v) is 4.44. The standard InChI is InChI=1S/C13H24N2O/c1-3-4-8-15-9-5-13(6-10-15)12-14-7-11-16-2/h1,13-14H,4-12H2,2H3. The minimum atomic E-state index is 0.807. The van der Waals surface area contributed by atoms with E-state index in [4.69, 9.17) is 11.2 Å². The molecule has 0 amide bonds. The minimum Gasteiger partial charge on any atom is -0.383 e. The van der Waals surface area contributed by atoms with E-state index < -0.39 is 0 Å². The number of nitrogens with one attached hydrogen (secondary N) is 1. The summed E-state index contributed by atoms with van der Waals surface area (Å²) in [6.07, 6.45) is 8.75. The number of hydrogen-bond acceptors (Lipinski definition) is 3. The fraction of sp³-hybridized carbons (Fsp3) is 0.846. The van der Waals surface area contributed by atoms with Crippen molar-refractivity contribution in [2.45, 2.75) is 19.3 Å². The number of ether oxygens (including phenoxy) is 1. The molecule has 0 bridgehead atoms. The van der Waals surface area contributed by atoms with Crippen LogP contribution in [0.15, 0.2) is 0 Å². The van der Waals surface area contributed by atoms with Gasteiger partial charge in [-0.1, -0.05) is 0 Å². The fourth-order valence-corrected chi connectivity index (χ4v) is 2.12. The van der Waals surface area contributed by atoms with Crippen molar-refractivity contribution in [3.05, 3.63) is 0 Å². The summed E-state index contributed by atoms with van der Waals surface area (Å²) >= 11 is 0. The van der Waals surface area contributed by atoms with Gasteiger partial charge in [0, 0.05) is 26.6 Å². The minimum absolute atomic E-state index is 0.807. The van der Waals surface area contributed by atoms with E-state index in [1.807, 2.05) is 0 Å². The molecule has 1 aliphatic rings. The van der Waals surface area contributed by atoms with Gasteiger partial charge >= 0.3 is 0 Å². The SMILES string of the molecule is C#CCCN1CCC(CNCCOC)CC1. The molecule has 1 saturated heterocycles. The van der Waals surface area contributed by atoms with Gasteiger partial charge in [-0.05, 0) is 38.4 Å². The molecule has 1 heterocycles. The zero-order valence-corrected chi connectivity index (χ0v) is 10.4. The van der Waals surface area contributed by atoms with E-state index in [-0.39, 0.29) is 0 Å². The third-order valence-corrected chi connectivity index (χ3v) is 3.20. The molecule has 1 rings (SSSR count). The molecule has 0 aromatic carbocycles. The van der Waals surface area contributed by atoms with Crippen molar-refractivity contribution in [2.24, 2.45) is 5.92 Å². The normalized spacial score (nSPS) is 18.5. The molecule has 1 N–H and O–H groups in total. The summed E-state index contributed by atoms with van der Waals surface area (Å²) in [5, 5.41) is 3.44. The van der Waals surface area contributed by atoms with Gasteiger partial charge in [-0.3, -0.25) is 0 Å². The van der Waals surface area contributed by atoms with Gasteiger partial charge in [0.15, 0.2) is 0 Å². The molecule has 1 aliphatic heterocycles. The van der Waals surface area contributed by atoms with Gasteiger partial charge in [0.2, 0.25) is 0 Å². The van der Waals surface area contributed by atoms with E-state index >= 15 is 0 Å². The van der Waals surface area contributed by atoms with Crippen LogP contribution in [-0.4, -0.2) is 51.3 Å². The summed E-state index contributed by atoms with van der Waals surface area (Å²) in [6, 6.07) is 0. The van der Waals surface area contributed by atoms with Crippen molar-refractivity contribution >= 4 is 0 Å². The first-order valence-corrected chi connectivity index (χ1v) is 6.22. The van der Waals surface area contributed by atoms with Crippen LogP contribution in [0.5, 0.6) is 0 Å². The molecule has 0 unspecified atom stereocenters. The maximum atomic E-state index is 5.27. The predicted molar refractivity (Wildman–Crippen MR) is 67.4 cm³/mol. The van der Waals surface area contributed by atoms with Crippen LogP contribution in [0.2, 0.25) is 0 Å². The van der Waals surface area contributed by atoms with Gasteiger partial charge in [-0.25, -0.2) is 0 Å². The van der Waals surface area contributed by atoms with Gasteiger partial charge in [0.05, 0.1) is 6.61 Å². The van der Waals surface area contributed by atoms with Crippen molar-refractivity contribution in [3.63, 3.8) is 0 Å². The highest BCUT2D eigenvalue weighted by Crippen LogP contribution is 2.16. The molecule has 92 valence electrons. The molecule has 0 spiro atoms. The molecule has 3 nitrogen and oxygen atoms in total. The van der Waals surface area contributed by atoms with Crippen LogP contribution in [0.25, 0.3) is 0 Å². The lowest BCUT2D eigenvalue weighted by Crippen LogP contribution is -2.38. The van der Waals surface area contributed by atoms with Crippen LogP contribution in [0.3, 0.4) is 0 Å². The number of rotatable bonds is 7. The summed E-state index contributed by atoms with van der Waals surface area (Å²) in [5.74, 6) is 3.54. The van der Waals surface area contributed by atoms with E-state index in [9.17, 15) is 0 Å². The second-order valence-electron chi connectivity index (χ2n) is 4.44. The smallest absolute Gasteiger partial charge is 0.0587 e. The number of nitrogens with zero attached hydrogens (tertiary/aromatic N) is 1. The highest BCUT2D eigenvalue weighted by atomic mass is 16.5. The van der Waals surface area contributed by atoms with Crippen molar-refractivity contribution in [3.8, 4) is 12.3 Å². The molecule has 0 aliphatic carbocycles.